The van der Waals surface area contributed by atoms with Gasteiger partial charge in [-0.15, -0.1) is 0 Å². The van der Waals surface area contributed by atoms with E-state index >= 15 is 0 Å². The number of carbonyl (C=O) groups is 1. The van der Waals surface area contributed by atoms with Gasteiger partial charge in [-0.1, -0.05) is 24.6 Å². The standard InChI is InChI=1S/C15H21NO2/c16-14(8-9-15(17)18)13-7-6-11-4-2-1-3-5-12(11)10-13/h6-7,10,14H,1-5,8-9,16H2,(H,17,18). The summed E-state index contributed by atoms with van der Waals surface area (Å²) in [6, 6.07) is 6.27. The highest BCUT2D eigenvalue weighted by atomic mass is 16.4. The van der Waals surface area contributed by atoms with Crippen LogP contribution in [0.25, 0.3) is 0 Å². The maximum atomic E-state index is 10.6. The van der Waals surface area contributed by atoms with E-state index in [0.29, 0.717) is 6.42 Å². The van der Waals surface area contributed by atoms with Crippen LogP contribution in [0, 0.1) is 0 Å². The molecular weight excluding hydrogens is 226 g/mol. The molecule has 1 aromatic carbocycles. The SMILES string of the molecule is NC(CCC(=O)O)c1ccc2c(c1)CCCCC2. The molecule has 0 saturated carbocycles. The minimum absolute atomic E-state index is 0.137. The van der Waals surface area contributed by atoms with E-state index in [1.54, 1.807) is 0 Å². The summed E-state index contributed by atoms with van der Waals surface area (Å²) in [7, 11) is 0. The highest BCUT2D eigenvalue weighted by Gasteiger charge is 2.12. The van der Waals surface area contributed by atoms with Crippen LogP contribution in [0.15, 0.2) is 18.2 Å². The summed E-state index contributed by atoms with van der Waals surface area (Å²) in [6.07, 6.45) is 6.77. The smallest absolute Gasteiger partial charge is 0.303 e. The van der Waals surface area contributed by atoms with E-state index in [-0.39, 0.29) is 12.5 Å². The molecule has 3 nitrogen and oxygen atoms in total. The average molecular weight is 247 g/mol. The van der Waals surface area contributed by atoms with Gasteiger partial charge in [-0.3, -0.25) is 4.79 Å². The van der Waals surface area contributed by atoms with Gasteiger partial charge in [0.15, 0.2) is 0 Å². The molecule has 3 N–H and O–H groups in total. The zero-order valence-electron chi connectivity index (χ0n) is 10.7. The lowest BCUT2D eigenvalue weighted by Crippen LogP contribution is -2.13. The Morgan fingerprint density at radius 1 is 1.22 bits per heavy atom. The van der Waals surface area contributed by atoms with Crippen LogP contribution in [0.2, 0.25) is 0 Å². The maximum absolute atomic E-state index is 10.6. The van der Waals surface area contributed by atoms with E-state index in [1.165, 1.54) is 36.8 Å². The lowest BCUT2D eigenvalue weighted by molar-refractivity contribution is -0.137. The summed E-state index contributed by atoms with van der Waals surface area (Å²) < 4.78 is 0. The number of aryl methyl sites for hydroxylation is 2. The van der Waals surface area contributed by atoms with Crippen LogP contribution < -0.4 is 5.73 Å². The van der Waals surface area contributed by atoms with Crippen molar-refractivity contribution in [3.8, 4) is 0 Å². The van der Waals surface area contributed by atoms with E-state index < -0.39 is 5.97 Å². The molecule has 0 aromatic heterocycles. The third-order valence-corrected chi connectivity index (χ3v) is 3.72. The molecule has 0 aliphatic heterocycles. The van der Waals surface area contributed by atoms with Crippen molar-refractivity contribution in [1.82, 2.24) is 0 Å². The molecule has 1 unspecified atom stereocenters. The Morgan fingerprint density at radius 2 is 1.94 bits per heavy atom. The number of fused-ring (bicyclic) bond motifs is 1. The predicted octanol–water partition coefficient (Wildman–Crippen LogP) is 2.82. The number of carboxylic acid groups (broad SMARTS) is 1. The molecule has 1 aliphatic rings. The van der Waals surface area contributed by atoms with Gasteiger partial charge in [0.05, 0.1) is 0 Å². The van der Waals surface area contributed by atoms with Gasteiger partial charge in [0.2, 0.25) is 0 Å². The fraction of sp³-hybridized carbons (Fsp3) is 0.533. The molecule has 0 radical (unpaired) electrons. The number of carboxylic acids is 1. The van der Waals surface area contributed by atoms with Gasteiger partial charge in [0.25, 0.3) is 0 Å². The van der Waals surface area contributed by atoms with Crippen LogP contribution in [0.3, 0.4) is 0 Å². The van der Waals surface area contributed by atoms with Crippen molar-refractivity contribution in [3.63, 3.8) is 0 Å². The fourth-order valence-electron chi connectivity index (χ4n) is 2.61. The molecule has 0 saturated heterocycles. The molecule has 0 amide bonds. The van der Waals surface area contributed by atoms with Gasteiger partial charge in [0.1, 0.15) is 0 Å². The molecule has 1 atom stereocenters. The summed E-state index contributed by atoms with van der Waals surface area (Å²) in [5.74, 6) is -0.778. The van der Waals surface area contributed by atoms with Crippen LogP contribution in [-0.4, -0.2) is 11.1 Å². The monoisotopic (exact) mass is 247 g/mol. The second kappa shape index (κ2) is 6.01. The first-order valence-corrected chi connectivity index (χ1v) is 6.76. The summed E-state index contributed by atoms with van der Waals surface area (Å²) in [6.45, 7) is 0. The number of rotatable bonds is 4. The molecule has 98 valence electrons. The molecule has 0 bridgehead atoms. The molecule has 0 spiro atoms. The second-order valence-electron chi connectivity index (χ2n) is 5.13. The van der Waals surface area contributed by atoms with Crippen LogP contribution >= 0.6 is 0 Å². The lowest BCUT2D eigenvalue weighted by atomic mass is 9.95. The second-order valence-corrected chi connectivity index (χ2v) is 5.13. The van der Waals surface area contributed by atoms with Crippen molar-refractivity contribution in [2.45, 2.75) is 51.0 Å². The van der Waals surface area contributed by atoms with Crippen molar-refractivity contribution >= 4 is 5.97 Å². The summed E-state index contributed by atoms with van der Waals surface area (Å²) in [5.41, 5.74) is 9.99. The molecule has 2 rings (SSSR count). The number of nitrogens with two attached hydrogens (primary N) is 1. The van der Waals surface area contributed by atoms with Gasteiger partial charge < -0.3 is 10.8 Å². The van der Waals surface area contributed by atoms with Crippen molar-refractivity contribution in [1.29, 1.82) is 0 Å². The molecule has 18 heavy (non-hydrogen) atoms. The van der Waals surface area contributed by atoms with E-state index in [9.17, 15) is 4.79 Å². The average Bonchev–Trinajstić information content (AvgIpc) is 2.60. The molecule has 1 aromatic rings. The zero-order valence-corrected chi connectivity index (χ0v) is 10.7. The highest BCUT2D eigenvalue weighted by Crippen LogP contribution is 2.25. The van der Waals surface area contributed by atoms with Gasteiger partial charge in [0, 0.05) is 12.5 Å². The Balaban J connectivity index is 2.09. The van der Waals surface area contributed by atoms with Crippen LogP contribution in [-0.2, 0) is 17.6 Å². The lowest BCUT2D eigenvalue weighted by Gasteiger charge is -2.14. The van der Waals surface area contributed by atoms with Gasteiger partial charge >= 0.3 is 5.97 Å². The van der Waals surface area contributed by atoms with Gasteiger partial charge in [-0.05, 0) is 48.8 Å². The predicted molar refractivity (Wildman–Crippen MR) is 71.5 cm³/mol. The van der Waals surface area contributed by atoms with E-state index in [4.69, 9.17) is 10.8 Å². The largest absolute Gasteiger partial charge is 0.481 e. The Labute approximate surface area is 108 Å². The van der Waals surface area contributed by atoms with Crippen molar-refractivity contribution < 1.29 is 9.90 Å². The first kappa shape index (κ1) is 13.1. The topological polar surface area (TPSA) is 63.3 Å². The van der Waals surface area contributed by atoms with E-state index in [1.807, 2.05) is 0 Å². The number of benzene rings is 1. The molecule has 0 fully saturated rings. The first-order chi connectivity index (χ1) is 8.66. The van der Waals surface area contributed by atoms with Crippen LogP contribution in [0.1, 0.15) is 54.8 Å². The van der Waals surface area contributed by atoms with Crippen molar-refractivity contribution in [3.05, 3.63) is 34.9 Å². The summed E-state index contributed by atoms with van der Waals surface area (Å²) in [5, 5.41) is 8.68. The Kier molecular flexibility index (Phi) is 4.37. The quantitative estimate of drug-likeness (QED) is 0.804. The number of hydrogen-bond acceptors (Lipinski definition) is 2. The first-order valence-electron chi connectivity index (χ1n) is 6.76. The highest BCUT2D eigenvalue weighted by molar-refractivity contribution is 5.66. The molecular formula is C15H21NO2. The Hall–Kier alpha value is -1.35. The minimum Gasteiger partial charge on any atom is -0.481 e. The number of hydrogen-bond donors (Lipinski definition) is 2. The van der Waals surface area contributed by atoms with Crippen LogP contribution in [0.5, 0.6) is 0 Å². The molecule has 3 heteroatoms. The zero-order chi connectivity index (χ0) is 13.0. The molecule has 0 heterocycles. The fourth-order valence-corrected chi connectivity index (χ4v) is 2.61. The summed E-state index contributed by atoms with van der Waals surface area (Å²) in [4.78, 5) is 10.6. The Bertz CT molecular complexity index is 429. The van der Waals surface area contributed by atoms with Gasteiger partial charge in [-0.25, -0.2) is 0 Å². The number of aliphatic carboxylic acids is 1. The van der Waals surface area contributed by atoms with E-state index in [2.05, 4.69) is 18.2 Å². The maximum Gasteiger partial charge on any atom is 0.303 e. The van der Waals surface area contributed by atoms with Crippen molar-refractivity contribution in [2.24, 2.45) is 5.73 Å². The van der Waals surface area contributed by atoms with Gasteiger partial charge in [-0.2, -0.15) is 0 Å². The van der Waals surface area contributed by atoms with Crippen molar-refractivity contribution in [2.75, 3.05) is 0 Å². The minimum atomic E-state index is -0.778. The normalized spacial score (nSPS) is 16.7. The third kappa shape index (κ3) is 3.33. The third-order valence-electron chi connectivity index (χ3n) is 3.72. The Morgan fingerprint density at radius 3 is 2.67 bits per heavy atom. The molecule has 1 aliphatic carbocycles. The summed E-state index contributed by atoms with van der Waals surface area (Å²) >= 11 is 0. The van der Waals surface area contributed by atoms with E-state index in [0.717, 1.165) is 12.0 Å². The van der Waals surface area contributed by atoms with Crippen LogP contribution in [0.4, 0.5) is 0 Å².